The predicted molar refractivity (Wildman–Crippen MR) is 123 cm³/mol. The molecule has 0 aliphatic heterocycles. The van der Waals surface area contributed by atoms with Gasteiger partial charge in [-0.3, -0.25) is 9.78 Å². The fourth-order valence-electron chi connectivity index (χ4n) is 4.14. The van der Waals surface area contributed by atoms with Gasteiger partial charge in [0.25, 0.3) is 0 Å². The van der Waals surface area contributed by atoms with Crippen LogP contribution in [0.4, 0.5) is 0 Å². The van der Waals surface area contributed by atoms with Crippen LogP contribution in [0.2, 0.25) is 0 Å². The van der Waals surface area contributed by atoms with Gasteiger partial charge >= 0.3 is 0 Å². The van der Waals surface area contributed by atoms with Crippen molar-refractivity contribution >= 4 is 17.2 Å². The summed E-state index contributed by atoms with van der Waals surface area (Å²) in [5.41, 5.74) is 4.83. The van der Waals surface area contributed by atoms with Crippen molar-refractivity contribution in [2.45, 2.75) is 44.6 Å². The molecule has 1 unspecified atom stereocenters. The Kier molecular flexibility index (Phi) is 6.07. The summed E-state index contributed by atoms with van der Waals surface area (Å²) in [7, 11) is 0. The van der Waals surface area contributed by atoms with Gasteiger partial charge in [-0.2, -0.15) is 4.98 Å². The van der Waals surface area contributed by atoms with Crippen LogP contribution in [-0.4, -0.2) is 21.0 Å². The van der Waals surface area contributed by atoms with Crippen molar-refractivity contribution in [2.24, 2.45) is 0 Å². The first-order valence-electron chi connectivity index (χ1n) is 10.9. The molecule has 0 bridgehead atoms. The zero-order valence-corrected chi connectivity index (χ0v) is 18.5. The number of thiophene rings is 1. The van der Waals surface area contributed by atoms with Crippen LogP contribution < -0.4 is 5.32 Å². The fourth-order valence-corrected chi connectivity index (χ4v) is 4.94. The van der Waals surface area contributed by atoms with Gasteiger partial charge in [0.15, 0.2) is 0 Å². The first kappa shape index (κ1) is 20.6. The average molecular weight is 445 g/mol. The highest BCUT2D eigenvalue weighted by Gasteiger charge is 2.20. The summed E-state index contributed by atoms with van der Waals surface area (Å²) < 4.78 is 5.33. The molecule has 162 valence electrons. The molecule has 4 aromatic rings. The topological polar surface area (TPSA) is 80.9 Å². The van der Waals surface area contributed by atoms with Gasteiger partial charge in [-0.15, -0.1) is 11.3 Å². The lowest BCUT2D eigenvalue weighted by Gasteiger charge is -2.22. The third kappa shape index (κ3) is 4.62. The largest absolute Gasteiger partial charge is 0.344 e. The minimum Gasteiger partial charge on any atom is -0.344 e. The van der Waals surface area contributed by atoms with Gasteiger partial charge in [-0.05, 0) is 66.0 Å². The van der Waals surface area contributed by atoms with Crippen LogP contribution >= 0.6 is 11.3 Å². The van der Waals surface area contributed by atoms with Crippen molar-refractivity contribution in [1.82, 2.24) is 20.4 Å². The van der Waals surface area contributed by atoms with E-state index in [1.807, 2.05) is 23.6 Å². The third-order valence-electron chi connectivity index (χ3n) is 5.81. The lowest BCUT2D eigenvalue weighted by Crippen LogP contribution is -2.29. The van der Waals surface area contributed by atoms with Gasteiger partial charge < -0.3 is 9.84 Å². The maximum atomic E-state index is 12.9. The number of carbonyl (C=O) groups is 1. The van der Waals surface area contributed by atoms with Gasteiger partial charge in [0.05, 0.1) is 6.04 Å². The highest BCUT2D eigenvalue weighted by atomic mass is 32.1. The van der Waals surface area contributed by atoms with Gasteiger partial charge in [-0.1, -0.05) is 29.4 Å². The van der Waals surface area contributed by atoms with E-state index >= 15 is 0 Å². The van der Waals surface area contributed by atoms with E-state index in [-0.39, 0.29) is 18.4 Å². The molecule has 1 N–H and O–H groups in total. The number of hydrogen-bond acceptors (Lipinski definition) is 6. The van der Waals surface area contributed by atoms with E-state index in [0.717, 1.165) is 28.8 Å². The second kappa shape index (κ2) is 9.44. The van der Waals surface area contributed by atoms with Crippen LogP contribution in [0.15, 0.2) is 64.8 Å². The zero-order valence-electron chi connectivity index (χ0n) is 17.7. The summed E-state index contributed by atoms with van der Waals surface area (Å²) in [5.74, 6) is 0.923. The molecule has 32 heavy (non-hydrogen) atoms. The molecule has 3 heterocycles. The van der Waals surface area contributed by atoms with Gasteiger partial charge in [-0.25, -0.2) is 0 Å². The minimum atomic E-state index is -0.148. The molecule has 3 aromatic heterocycles. The smallest absolute Gasteiger partial charge is 0.227 e. The van der Waals surface area contributed by atoms with E-state index in [0.29, 0.717) is 18.1 Å². The van der Waals surface area contributed by atoms with E-state index < -0.39 is 0 Å². The number of aryl methyl sites for hydroxylation is 3. The number of carbonyl (C=O) groups excluding carboxylic acids is 1. The first-order valence-corrected chi connectivity index (χ1v) is 11.8. The number of benzene rings is 1. The summed E-state index contributed by atoms with van der Waals surface area (Å²) in [4.78, 5) is 22.4. The van der Waals surface area contributed by atoms with Gasteiger partial charge in [0, 0.05) is 35.7 Å². The Morgan fingerprint density at radius 3 is 2.75 bits per heavy atom. The number of amides is 1. The van der Waals surface area contributed by atoms with Crippen LogP contribution in [0.1, 0.15) is 52.8 Å². The minimum absolute atomic E-state index is 0.0372. The van der Waals surface area contributed by atoms with Crippen molar-refractivity contribution in [1.29, 1.82) is 0 Å². The number of fused-ring (bicyclic) bond motifs is 1. The number of nitrogens with zero attached hydrogens (tertiary/aromatic N) is 3. The Morgan fingerprint density at radius 1 is 1.09 bits per heavy atom. The van der Waals surface area contributed by atoms with E-state index in [1.165, 1.54) is 24.0 Å². The molecule has 0 spiro atoms. The number of aromatic nitrogens is 3. The molecule has 0 saturated carbocycles. The van der Waals surface area contributed by atoms with Gasteiger partial charge in [0.2, 0.25) is 17.6 Å². The maximum absolute atomic E-state index is 12.9. The van der Waals surface area contributed by atoms with Crippen molar-refractivity contribution in [3.8, 4) is 11.4 Å². The molecule has 1 amide bonds. The quantitative estimate of drug-likeness (QED) is 0.438. The first-order chi connectivity index (χ1) is 15.8. The van der Waals surface area contributed by atoms with Crippen LogP contribution in [0, 0.1) is 0 Å². The number of rotatable bonds is 7. The second-order valence-corrected chi connectivity index (χ2v) is 8.98. The average Bonchev–Trinajstić information content (AvgIpc) is 3.54. The Hall–Kier alpha value is -3.32. The van der Waals surface area contributed by atoms with Crippen LogP contribution in [-0.2, 0) is 24.1 Å². The second-order valence-electron chi connectivity index (χ2n) is 8.00. The van der Waals surface area contributed by atoms with E-state index in [2.05, 4.69) is 44.7 Å². The molecule has 6 nitrogen and oxygen atoms in total. The van der Waals surface area contributed by atoms with E-state index in [1.54, 1.807) is 23.7 Å². The summed E-state index contributed by atoms with van der Waals surface area (Å²) in [6.07, 6.45) is 8.81. The highest BCUT2D eigenvalue weighted by Crippen LogP contribution is 2.30. The Labute approximate surface area is 190 Å². The Balaban J connectivity index is 1.27. The molecular formula is C25H24N4O2S. The van der Waals surface area contributed by atoms with Gasteiger partial charge in [0.1, 0.15) is 0 Å². The molecule has 0 radical (unpaired) electrons. The summed E-state index contributed by atoms with van der Waals surface area (Å²) >= 11 is 1.66. The third-order valence-corrected chi connectivity index (χ3v) is 6.75. The molecule has 5 rings (SSSR count). The van der Waals surface area contributed by atoms with E-state index in [9.17, 15) is 4.79 Å². The fraction of sp³-hybridized carbons (Fsp3) is 0.280. The van der Waals surface area contributed by atoms with Crippen LogP contribution in [0.5, 0.6) is 0 Å². The van der Waals surface area contributed by atoms with Crippen molar-refractivity contribution < 1.29 is 9.32 Å². The highest BCUT2D eigenvalue weighted by molar-refractivity contribution is 7.10. The normalized spacial score (nSPS) is 14.0. The molecule has 1 aliphatic rings. The maximum Gasteiger partial charge on any atom is 0.227 e. The van der Waals surface area contributed by atoms with Crippen LogP contribution in [0.25, 0.3) is 11.4 Å². The van der Waals surface area contributed by atoms with Crippen molar-refractivity contribution in [3.63, 3.8) is 0 Å². The van der Waals surface area contributed by atoms with Crippen molar-refractivity contribution in [2.75, 3.05) is 0 Å². The summed E-state index contributed by atoms with van der Waals surface area (Å²) in [6, 6.07) is 14.3. The lowest BCUT2D eigenvalue weighted by atomic mass is 9.89. The summed E-state index contributed by atoms with van der Waals surface area (Å²) in [5, 5.41) is 9.28. The van der Waals surface area contributed by atoms with E-state index in [4.69, 9.17) is 4.52 Å². The van der Waals surface area contributed by atoms with Crippen LogP contribution in [0.3, 0.4) is 0 Å². The molecule has 7 heteroatoms. The number of hydrogen-bond donors (Lipinski definition) is 1. The summed E-state index contributed by atoms with van der Waals surface area (Å²) in [6.45, 7) is 0. The Morgan fingerprint density at radius 2 is 1.94 bits per heavy atom. The molecule has 1 aliphatic carbocycles. The lowest BCUT2D eigenvalue weighted by molar-refractivity contribution is -0.121. The standard InChI is InChI=1S/C25H24N4O2S/c30-22(9-10-23-28-25(29-31-23)18-11-13-26-14-12-18)27-24(21-6-3-15-32-21)20-8-7-17-4-1-2-5-19(17)16-20/h3,6-8,11-16,24H,1-2,4-5,9-10H2,(H,27,30). The van der Waals surface area contributed by atoms with Crippen molar-refractivity contribution in [3.05, 3.63) is 87.7 Å². The Bertz CT molecular complexity index is 1190. The monoisotopic (exact) mass is 444 g/mol. The molecule has 0 fully saturated rings. The predicted octanol–water partition coefficient (Wildman–Crippen LogP) is 4.91. The SMILES string of the molecule is O=C(CCc1nc(-c2ccncc2)no1)NC(c1ccc2c(c1)CCCC2)c1cccs1. The zero-order chi connectivity index (χ0) is 21.8. The molecule has 1 aromatic carbocycles. The molecule has 1 atom stereocenters. The number of nitrogens with one attached hydrogen (secondary N) is 1. The molecule has 0 saturated heterocycles. The number of pyridine rings is 1. The molecular weight excluding hydrogens is 420 g/mol.